The van der Waals surface area contributed by atoms with Crippen molar-refractivity contribution in [1.29, 1.82) is 0 Å². The minimum absolute atomic E-state index is 0.0649. The molecule has 1 amide bonds. The van der Waals surface area contributed by atoms with Crippen LogP contribution in [-0.4, -0.2) is 33.2 Å². The summed E-state index contributed by atoms with van der Waals surface area (Å²) in [6, 6.07) is 5.66. The van der Waals surface area contributed by atoms with Crippen LogP contribution in [0.5, 0.6) is 11.5 Å². The van der Waals surface area contributed by atoms with Gasteiger partial charge < -0.3 is 20.1 Å². The second-order valence-corrected chi connectivity index (χ2v) is 5.15. The highest BCUT2D eigenvalue weighted by Crippen LogP contribution is 2.27. The van der Waals surface area contributed by atoms with Gasteiger partial charge in [-0.2, -0.15) is 0 Å². The summed E-state index contributed by atoms with van der Waals surface area (Å²) in [5, 5.41) is 6.22. The van der Waals surface area contributed by atoms with Crippen molar-refractivity contribution < 1.29 is 14.3 Å². The molecule has 5 heteroatoms. The lowest BCUT2D eigenvalue weighted by molar-refractivity contribution is -0.125. The molecular weight excluding hydrogens is 256 g/mol. The highest BCUT2D eigenvalue weighted by atomic mass is 16.5. The Balaban J connectivity index is 1.95. The number of hydrogen-bond donors (Lipinski definition) is 2. The largest absolute Gasteiger partial charge is 0.493 e. The topological polar surface area (TPSA) is 59.6 Å². The SMILES string of the molecule is COc1ccc(CNC(=O)[C@@H]2CNC[C@H]2C)cc1OC. The number of ether oxygens (including phenoxy) is 2. The first-order chi connectivity index (χ1) is 9.65. The third-order valence-electron chi connectivity index (χ3n) is 3.77. The molecule has 1 aliphatic heterocycles. The van der Waals surface area contributed by atoms with E-state index in [9.17, 15) is 4.79 Å². The molecule has 0 bridgehead atoms. The summed E-state index contributed by atoms with van der Waals surface area (Å²) < 4.78 is 10.4. The predicted octanol–water partition coefficient (Wildman–Crippen LogP) is 1.18. The van der Waals surface area contributed by atoms with Crippen LogP contribution in [0.15, 0.2) is 18.2 Å². The van der Waals surface area contributed by atoms with E-state index in [1.54, 1.807) is 14.2 Å². The van der Waals surface area contributed by atoms with Crippen LogP contribution in [0.2, 0.25) is 0 Å². The van der Waals surface area contributed by atoms with E-state index in [1.165, 1.54) is 0 Å². The Hall–Kier alpha value is -1.75. The molecule has 0 spiro atoms. The van der Waals surface area contributed by atoms with Crippen molar-refractivity contribution in [2.24, 2.45) is 11.8 Å². The van der Waals surface area contributed by atoms with Gasteiger partial charge in [0.15, 0.2) is 11.5 Å². The Morgan fingerprint density at radius 3 is 2.65 bits per heavy atom. The zero-order valence-electron chi connectivity index (χ0n) is 12.2. The summed E-state index contributed by atoms with van der Waals surface area (Å²) in [6.07, 6.45) is 0. The second-order valence-electron chi connectivity index (χ2n) is 5.15. The molecule has 0 radical (unpaired) electrons. The van der Waals surface area contributed by atoms with Crippen LogP contribution in [0.1, 0.15) is 12.5 Å². The third kappa shape index (κ3) is 3.22. The van der Waals surface area contributed by atoms with E-state index in [1.807, 2.05) is 18.2 Å². The summed E-state index contributed by atoms with van der Waals surface area (Å²) >= 11 is 0. The summed E-state index contributed by atoms with van der Waals surface area (Å²) in [4.78, 5) is 12.1. The summed E-state index contributed by atoms with van der Waals surface area (Å²) in [5.74, 6) is 1.93. The van der Waals surface area contributed by atoms with E-state index in [0.29, 0.717) is 24.0 Å². The zero-order chi connectivity index (χ0) is 14.5. The molecule has 2 atom stereocenters. The van der Waals surface area contributed by atoms with Gasteiger partial charge in [0.05, 0.1) is 20.1 Å². The van der Waals surface area contributed by atoms with Crippen LogP contribution in [0.3, 0.4) is 0 Å². The molecule has 0 aromatic heterocycles. The van der Waals surface area contributed by atoms with E-state index < -0.39 is 0 Å². The number of carbonyl (C=O) groups excluding carboxylic acids is 1. The summed E-state index contributed by atoms with van der Waals surface area (Å²) in [7, 11) is 3.21. The van der Waals surface area contributed by atoms with Crippen molar-refractivity contribution in [1.82, 2.24) is 10.6 Å². The average molecular weight is 278 g/mol. The fraction of sp³-hybridized carbons (Fsp3) is 0.533. The molecule has 1 aliphatic rings. The smallest absolute Gasteiger partial charge is 0.224 e. The van der Waals surface area contributed by atoms with Crippen LogP contribution in [-0.2, 0) is 11.3 Å². The first-order valence-electron chi connectivity index (χ1n) is 6.85. The highest BCUT2D eigenvalue weighted by Gasteiger charge is 2.29. The molecule has 1 aromatic rings. The average Bonchev–Trinajstić information content (AvgIpc) is 2.90. The molecule has 0 aliphatic carbocycles. The van der Waals surface area contributed by atoms with Crippen molar-refractivity contribution in [3.8, 4) is 11.5 Å². The van der Waals surface area contributed by atoms with Gasteiger partial charge in [0.1, 0.15) is 0 Å². The molecule has 2 N–H and O–H groups in total. The van der Waals surface area contributed by atoms with Gasteiger partial charge in [0.25, 0.3) is 0 Å². The molecular formula is C15H22N2O3. The monoisotopic (exact) mass is 278 g/mol. The van der Waals surface area contributed by atoms with Crippen LogP contribution in [0.4, 0.5) is 0 Å². The lowest BCUT2D eigenvalue weighted by atomic mass is 9.97. The Kier molecular flexibility index (Phi) is 4.84. The first-order valence-corrected chi connectivity index (χ1v) is 6.85. The van der Waals surface area contributed by atoms with Gasteiger partial charge in [-0.1, -0.05) is 13.0 Å². The molecule has 1 aromatic carbocycles. The van der Waals surface area contributed by atoms with Crippen LogP contribution in [0, 0.1) is 11.8 Å². The third-order valence-corrected chi connectivity index (χ3v) is 3.77. The van der Waals surface area contributed by atoms with Gasteiger partial charge in [0, 0.05) is 13.1 Å². The first kappa shape index (κ1) is 14.7. The number of methoxy groups -OCH3 is 2. The Morgan fingerprint density at radius 2 is 2.05 bits per heavy atom. The van der Waals surface area contributed by atoms with Crippen molar-refractivity contribution >= 4 is 5.91 Å². The maximum Gasteiger partial charge on any atom is 0.224 e. The van der Waals surface area contributed by atoms with E-state index >= 15 is 0 Å². The minimum atomic E-state index is 0.0649. The van der Waals surface area contributed by atoms with Gasteiger partial charge in [-0.15, -0.1) is 0 Å². The van der Waals surface area contributed by atoms with Crippen LogP contribution >= 0.6 is 0 Å². The zero-order valence-corrected chi connectivity index (χ0v) is 12.2. The molecule has 20 heavy (non-hydrogen) atoms. The molecule has 2 rings (SSSR count). The number of hydrogen-bond acceptors (Lipinski definition) is 4. The predicted molar refractivity (Wildman–Crippen MR) is 76.9 cm³/mol. The maximum absolute atomic E-state index is 12.1. The molecule has 0 unspecified atom stereocenters. The van der Waals surface area contributed by atoms with E-state index in [2.05, 4.69) is 17.6 Å². The van der Waals surface area contributed by atoms with E-state index in [0.717, 1.165) is 18.7 Å². The van der Waals surface area contributed by atoms with Gasteiger partial charge in [-0.05, 0) is 30.2 Å². The lowest BCUT2D eigenvalue weighted by Gasteiger charge is -2.15. The maximum atomic E-state index is 12.1. The van der Waals surface area contributed by atoms with Gasteiger partial charge >= 0.3 is 0 Å². The fourth-order valence-electron chi connectivity index (χ4n) is 2.47. The number of nitrogens with one attached hydrogen (secondary N) is 2. The highest BCUT2D eigenvalue weighted by molar-refractivity contribution is 5.79. The Morgan fingerprint density at radius 1 is 1.30 bits per heavy atom. The fourth-order valence-corrected chi connectivity index (χ4v) is 2.47. The number of amides is 1. The number of benzene rings is 1. The summed E-state index contributed by atoms with van der Waals surface area (Å²) in [6.45, 7) is 4.27. The van der Waals surface area contributed by atoms with Crippen molar-refractivity contribution in [3.63, 3.8) is 0 Å². The number of rotatable bonds is 5. The Bertz CT molecular complexity index is 476. The minimum Gasteiger partial charge on any atom is -0.493 e. The summed E-state index contributed by atoms with van der Waals surface area (Å²) in [5.41, 5.74) is 0.995. The molecule has 0 saturated carbocycles. The van der Waals surface area contributed by atoms with Crippen molar-refractivity contribution in [2.45, 2.75) is 13.5 Å². The lowest BCUT2D eigenvalue weighted by Crippen LogP contribution is -2.33. The van der Waals surface area contributed by atoms with Gasteiger partial charge in [-0.3, -0.25) is 4.79 Å². The van der Waals surface area contributed by atoms with Gasteiger partial charge in [-0.25, -0.2) is 0 Å². The quantitative estimate of drug-likeness (QED) is 0.849. The standard InChI is InChI=1S/C15H22N2O3/c1-10-7-16-9-12(10)15(18)17-8-11-4-5-13(19-2)14(6-11)20-3/h4-6,10,12,16H,7-9H2,1-3H3,(H,17,18)/t10-,12-/m1/s1. The van der Waals surface area contributed by atoms with Crippen LogP contribution < -0.4 is 20.1 Å². The van der Waals surface area contributed by atoms with Gasteiger partial charge in [0.2, 0.25) is 5.91 Å². The molecule has 5 nitrogen and oxygen atoms in total. The van der Waals surface area contributed by atoms with E-state index in [-0.39, 0.29) is 11.8 Å². The second kappa shape index (κ2) is 6.61. The number of carbonyl (C=O) groups is 1. The molecule has 110 valence electrons. The Labute approximate surface area is 119 Å². The van der Waals surface area contributed by atoms with Crippen molar-refractivity contribution in [2.75, 3.05) is 27.3 Å². The normalized spacial score (nSPS) is 21.6. The van der Waals surface area contributed by atoms with E-state index in [4.69, 9.17) is 9.47 Å². The van der Waals surface area contributed by atoms with Crippen molar-refractivity contribution in [3.05, 3.63) is 23.8 Å². The molecule has 1 heterocycles. The molecule has 1 fully saturated rings. The molecule has 1 saturated heterocycles. The van der Waals surface area contributed by atoms with Crippen LogP contribution in [0.25, 0.3) is 0 Å².